The molecule has 38 heavy (non-hydrogen) atoms. The fraction of sp³-hybridized carbons (Fsp3) is 0.259. The molecule has 1 heterocycles. The zero-order valence-electron chi connectivity index (χ0n) is 20.8. The minimum absolute atomic E-state index is 0.0774. The second kappa shape index (κ2) is 11.6. The van der Waals surface area contributed by atoms with Crippen molar-refractivity contribution in [2.45, 2.75) is 35.2 Å². The molecule has 11 heteroatoms. The van der Waals surface area contributed by atoms with Crippen molar-refractivity contribution in [1.82, 2.24) is 0 Å². The molecule has 202 valence electrons. The Morgan fingerprint density at radius 1 is 1.08 bits per heavy atom. The van der Waals surface area contributed by atoms with E-state index in [2.05, 4.69) is 6.58 Å². The van der Waals surface area contributed by atoms with Gasteiger partial charge in [0.1, 0.15) is 11.4 Å². The van der Waals surface area contributed by atoms with Gasteiger partial charge in [0.05, 0.1) is 28.7 Å². The first-order chi connectivity index (χ1) is 18.1. The molecule has 0 radical (unpaired) electrons. The second-order valence-corrected chi connectivity index (χ2v) is 13.5. The monoisotopic (exact) mass is 668 g/mol. The molecule has 0 amide bonds. The lowest BCUT2D eigenvalue weighted by Gasteiger charge is -2.31. The van der Waals surface area contributed by atoms with Crippen molar-refractivity contribution in [2.75, 3.05) is 28.8 Å². The van der Waals surface area contributed by atoms with E-state index in [1.807, 2.05) is 22.6 Å². The highest BCUT2D eigenvalue weighted by atomic mass is 127. The topological polar surface area (TPSA) is 104 Å². The fourth-order valence-corrected chi connectivity index (χ4v) is 8.89. The van der Waals surface area contributed by atoms with Gasteiger partial charge in [0.2, 0.25) is 0 Å². The lowest BCUT2D eigenvalue weighted by Crippen LogP contribution is -2.34. The Kier molecular flexibility index (Phi) is 8.70. The minimum atomic E-state index is -4.03. The van der Waals surface area contributed by atoms with E-state index in [4.69, 9.17) is 4.74 Å². The van der Waals surface area contributed by atoms with E-state index in [-0.39, 0.29) is 40.0 Å². The number of ether oxygens (including phenoxy) is 1. The summed E-state index contributed by atoms with van der Waals surface area (Å²) in [6.07, 6.45) is 1.71. The highest BCUT2D eigenvalue weighted by Gasteiger charge is 2.37. The molecule has 3 aromatic rings. The Bertz CT molecular complexity index is 1510. The van der Waals surface area contributed by atoms with Gasteiger partial charge in [0, 0.05) is 28.3 Å². The summed E-state index contributed by atoms with van der Waals surface area (Å²) in [5, 5.41) is 11.2. The van der Waals surface area contributed by atoms with E-state index >= 15 is 0 Å². The molecular weight excluding hydrogens is 639 g/mol. The van der Waals surface area contributed by atoms with Crippen LogP contribution in [0, 0.1) is 3.57 Å². The molecule has 1 aliphatic rings. The summed E-state index contributed by atoms with van der Waals surface area (Å²) >= 11 is 1.99. The predicted octanol–water partition coefficient (Wildman–Crippen LogP) is 5.09. The summed E-state index contributed by atoms with van der Waals surface area (Å²) in [5.74, 6) is 0.180. The number of aliphatic hydroxyl groups is 1. The van der Waals surface area contributed by atoms with E-state index in [0.717, 1.165) is 0 Å². The van der Waals surface area contributed by atoms with Crippen LogP contribution in [0.15, 0.2) is 89.2 Å². The maximum Gasteiger partial charge on any atom is 0.264 e. The van der Waals surface area contributed by atoms with Crippen molar-refractivity contribution >= 4 is 54.0 Å². The standard InChI is InChI=1S/C27H29IN2O6S2/c1-3-4-17-30(38(34,35)21-14-9-6-10-15-21)27-24(36-2)19-22-25(26(27)28)23(31)16-11-18-29(22)37(32,33)20-12-7-5-8-13-20/h3,5-10,12-15,19,23,31H,1,4,11,16-18H2,2H3. The third-order valence-electron chi connectivity index (χ3n) is 6.33. The number of aliphatic hydroxyl groups excluding tert-OH is 1. The summed E-state index contributed by atoms with van der Waals surface area (Å²) in [7, 11) is -6.59. The summed E-state index contributed by atoms with van der Waals surface area (Å²) in [5.41, 5.74) is 0.866. The molecule has 1 N–H and O–H groups in total. The van der Waals surface area contributed by atoms with E-state index in [1.165, 1.54) is 46.1 Å². The number of rotatable bonds is 9. The molecule has 0 aromatic heterocycles. The highest BCUT2D eigenvalue weighted by Crippen LogP contribution is 2.48. The van der Waals surface area contributed by atoms with Crippen LogP contribution in [-0.4, -0.2) is 42.1 Å². The van der Waals surface area contributed by atoms with Crippen LogP contribution in [0.2, 0.25) is 0 Å². The molecule has 0 spiro atoms. The first-order valence-electron chi connectivity index (χ1n) is 12.0. The zero-order valence-corrected chi connectivity index (χ0v) is 24.6. The van der Waals surface area contributed by atoms with Gasteiger partial charge in [0.15, 0.2) is 0 Å². The SMILES string of the molecule is C=CCCN(c1c(OC)cc2c(c1I)C(O)CCCN2S(=O)(=O)c1ccccc1)S(=O)(=O)c1ccccc1. The van der Waals surface area contributed by atoms with Crippen molar-refractivity contribution in [3.63, 3.8) is 0 Å². The molecule has 1 unspecified atom stereocenters. The number of nitrogens with zero attached hydrogens (tertiary/aromatic N) is 2. The lowest BCUT2D eigenvalue weighted by molar-refractivity contribution is 0.167. The third-order valence-corrected chi connectivity index (χ3v) is 11.1. The number of benzene rings is 3. The molecule has 8 nitrogen and oxygen atoms in total. The van der Waals surface area contributed by atoms with Crippen LogP contribution in [0.3, 0.4) is 0 Å². The maximum absolute atomic E-state index is 13.8. The molecule has 0 saturated heterocycles. The largest absolute Gasteiger partial charge is 0.494 e. The van der Waals surface area contributed by atoms with Gasteiger partial charge < -0.3 is 9.84 Å². The first kappa shape index (κ1) is 28.4. The molecule has 1 atom stereocenters. The third kappa shape index (κ3) is 5.29. The van der Waals surface area contributed by atoms with E-state index in [1.54, 1.807) is 42.5 Å². The number of fused-ring (bicyclic) bond motifs is 1. The van der Waals surface area contributed by atoms with Crippen LogP contribution >= 0.6 is 22.6 Å². The Morgan fingerprint density at radius 3 is 2.26 bits per heavy atom. The molecule has 0 aliphatic carbocycles. The summed E-state index contributed by atoms with van der Waals surface area (Å²) < 4.78 is 63.7. The van der Waals surface area contributed by atoms with Crippen LogP contribution in [0.4, 0.5) is 11.4 Å². The number of halogens is 1. The van der Waals surface area contributed by atoms with Gasteiger partial charge in [0.25, 0.3) is 20.0 Å². The van der Waals surface area contributed by atoms with Crippen LogP contribution in [0.25, 0.3) is 0 Å². The Balaban J connectivity index is 1.98. The average molecular weight is 669 g/mol. The predicted molar refractivity (Wildman–Crippen MR) is 157 cm³/mol. The molecule has 4 rings (SSSR count). The average Bonchev–Trinajstić information content (AvgIpc) is 3.09. The van der Waals surface area contributed by atoms with E-state index in [0.29, 0.717) is 28.4 Å². The van der Waals surface area contributed by atoms with Gasteiger partial charge in [-0.1, -0.05) is 42.5 Å². The quantitative estimate of drug-likeness (QED) is 0.252. The van der Waals surface area contributed by atoms with E-state index in [9.17, 15) is 21.9 Å². The van der Waals surface area contributed by atoms with Gasteiger partial charge in [-0.25, -0.2) is 16.8 Å². The first-order valence-corrected chi connectivity index (χ1v) is 16.0. The Hall–Kier alpha value is -2.61. The maximum atomic E-state index is 13.8. The number of hydrogen-bond donors (Lipinski definition) is 1. The summed E-state index contributed by atoms with van der Waals surface area (Å²) in [4.78, 5) is 0.227. The van der Waals surface area contributed by atoms with Crippen LogP contribution in [0.1, 0.15) is 30.9 Å². The normalized spacial score (nSPS) is 15.9. The molecule has 0 fully saturated rings. The fourth-order valence-electron chi connectivity index (χ4n) is 4.47. The molecular formula is C27H29IN2O6S2. The molecule has 0 saturated carbocycles. The van der Waals surface area contributed by atoms with Crippen molar-refractivity contribution in [3.05, 3.63) is 88.5 Å². The molecule has 0 bridgehead atoms. The van der Waals surface area contributed by atoms with Gasteiger partial charge in [-0.15, -0.1) is 6.58 Å². The zero-order chi connectivity index (χ0) is 27.5. The van der Waals surface area contributed by atoms with Gasteiger partial charge >= 0.3 is 0 Å². The van der Waals surface area contributed by atoms with Crippen molar-refractivity contribution < 1.29 is 26.7 Å². The molecule has 3 aromatic carbocycles. The van der Waals surface area contributed by atoms with Crippen LogP contribution in [-0.2, 0) is 20.0 Å². The minimum Gasteiger partial charge on any atom is -0.494 e. The van der Waals surface area contributed by atoms with Crippen molar-refractivity contribution in [3.8, 4) is 5.75 Å². The Morgan fingerprint density at radius 2 is 1.68 bits per heavy atom. The van der Waals surface area contributed by atoms with Crippen LogP contribution in [0.5, 0.6) is 5.75 Å². The van der Waals surface area contributed by atoms with Gasteiger partial charge in [-0.3, -0.25) is 8.61 Å². The summed E-state index contributed by atoms with van der Waals surface area (Å²) in [6, 6.07) is 17.7. The highest BCUT2D eigenvalue weighted by molar-refractivity contribution is 14.1. The van der Waals surface area contributed by atoms with Gasteiger partial charge in [-0.2, -0.15) is 0 Å². The molecule has 1 aliphatic heterocycles. The number of anilines is 2. The van der Waals surface area contributed by atoms with Gasteiger partial charge in [-0.05, 0) is 66.1 Å². The van der Waals surface area contributed by atoms with E-state index < -0.39 is 26.2 Å². The lowest BCUT2D eigenvalue weighted by atomic mass is 10.0. The smallest absolute Gasteiger partial charge is 0.264 e. The van der Waals surface area contributed by atoms with Crippen molar-refractivity contribution in [1.29, 1.82) is 0 Å². The Labute approximate surface area is 237 Å². The van der Waals surface area contributed by atoms with Crippen LogP contribution < -0.4 is 13.3 Å². The second-order valence-electron chi connectivity index (χ2n) is 8.69. The van der Waals surface area contributed by atoms with Crippen molar-refractivity contribution in [2.24, 2.45) is 0 Å². The number of sulfonamides is 2. The number of hydrogen-bond acceptors (Lipinski definition) is 6. The summed E-state index contributed by atoms with van der Waals surface area (Å²) in [6.45, 7) is 3.97. The number of methoxy groups -OCH3 is 1.